The van der Waals surface area contributed by atoms with Gasteiger partial charge in [-0.3, -0.25) is 23.9 Å². The molecule has 0 radical (unpaired) electrons. The number of esters is 1. The number of amides is 2. The summed E-state index contributed by atoms with van der Waals surface area (Å²) in [5.74, 6) is -4.56. The highest BCUT2D eigenvalue weighted by molar-refractivity contribution is 7.91. The molecule has 1 N–H and O–H groups in total. The van der Waals surface area contributed by atoms with E-state index in [2.05, 4.69) is 14.7 Å². The minimum Gasteiger partial charge on any atom is -0.488 e. The molecule has 7 rings (SSSR count). The Labute approximate surface area is 387 Å². The minimum absolute atomic E-state index is 0.00135. The molecule has 3 aromatic rings. The molecule has 0 bridgehead atoms. The number of alkyl halides is 3. The zero-order valence-electron chi connectivity index (χ0n) is 38.2. The molecule has 0 aromatic carbocycles. The second kappa shape index (κ2) is 18.6. The van der Waals surface area contributed by atoms with E-state index in [0.29, 0.717) is 65.7 Å². The average Bonchev–Trinajstić information content (AvgIpc) is 3.98. The maximum atomic E-state index is 15.1. The van der Waals surface area contributed by atoms with E-state index in [1.54, 1.807) is 55.9 Å². The van der Waals surface area contributed by atoms with E-state index < -0.39 is 98.3 Å². The van der Waals surface area contributed by atoms with Crippen molar-refractivity contribution in [1.82, 2.24) is 24.6 Å². The number of allylic oxidation sites excluding steroid dienone is 2. The number of thiazole rings is 1. The molecule has 19 heteroatoms. The number of carbonyl (C=O) groups is 4. The van der Waals surface area contributed by atoms with Crippen molar-refractivity contribution in [3.8, 4) is 33.6 Å². The molecule has 66 heavy (non-hydrogen) atoms. The van der Waals surface area contributed by atoms with Gasteiger partial charge in [0, 0.05) is 54.4 Å². The molecule has 3 fully saturated rings. The molecule has 14 nitrogen and oxygen atoms in total. The first kappa shape index (κ1) is 49.0. The van der Waals surface area contributed by atoms with Crippen LogP contribution in [0.4, 0.5) is 13.2 Å². The number of carbonyl (C=O) groups excluding carboxylic acids is 4. The van der Waals surface area contributed by atoms with Crippen LogP contribution in [0.5, 0.6) is 11.6 Å². The van der Waals surface area contributed by atoms with E-state index in [-0.39, 0.29) is 31.4 Å². The van der Waals surface area contributed by atoms with Crippen molar-refractivity contribution in [2.24, 2.45) is 29.1 Å². The van der Waals surface area contributed by atoms with E-state index in [0.717, 1.165) is 13.8 Å². The maximum Gasteiger partial charge on any atom is 0.427 e. The summed E-state index contributed by atoms with van der Waals surface area (Å²) >= 11 is 1.36. The Morgan fingerprint density at radius 3 is 2.42 bits per heavy atom. The number of Topliss-reactive ketones (excluding diaryl/α,β-unsaturated/α-hetero) is 1. The first-order valence-corrected chi connectivity index (χ1v) is 24.8. The lowest BCUT2D eigenvalue weighted by Gasteiger charge is -2.33. The molecule has 7 atom stereocenters. The molecular formula is C47H58F3N5O9S2. The van der Waals surface area contributed by atoms with E-state index >= 15 is 4.79 Å². The smallest absolute Gasteiger partial charge is 0.427 e. The number of ketones is 1. The van der Waals surface area contributed by atoms with Crippen LogP contribution in [-0.4, -0.2) is 93.2 Å². The number of nitrogens with zero attached hydrogens (tertiary/aromatic N) is 4. The van der Waals surface area contributed by atoms with Gasteiger partial charge in [-0.1, -0.05) is 26.0 Å². The number of ether oxygens (including phenoxy) is 3. The molecule has 4 aliphatic rings. The quantitative estimate of drug-likeness (QED) is 0.136. The van der Waals surface area contributed by atoms with Crippen LogP contribution in [-0.2, 0) is 33.9 Å². The molecule has 5 heterocycles. The highest BCUT2D eigenvalue weighted by Crippen LogP contribution is 2.58. The van der Waals surface area contributed by atoms with Gasteiger partial charge in [0.2, 0.25) is 33.3 Å². The first-order chi connectivity index (χ1) is 30.9. The van der Waals surface area contributed by atoms with Gasteiger partial charge in [0.05, 0.1) is 46.9 Å². The lowest BCUT2D eigenvalue weighted by atomic mass is 9.82. The number of sulfonamides is 1. The van der Waals surface area contributed by atoms with Crippen LogP contribution in [0, 0.1) is 29.1 Å². The Kier molecular flexibility index (Phi) is 13.8. The number of rotatable bonds is 12. The number of hydrogen-bond acceptors (Lipinski definition) is 13. The lowest BCUT2D eigenvalue weighted by Crippen LogP contribution is -2.48. The predicted octanol–water partition coefficient (Wildman–Crippen LogP) is 8.27. The lowest BCUT2D eigenvalue weighted by molar-refractivity contribution is -0.257. The highest BCUT2D eigenvalue weighted by Gasteiger charge is 2.63. The van der Waals surface area contributed by atoms with Crippen LogP contribution in [0.15, 0.2) is 54.2 Å². The number of fused-ring (bicyclic) bond motifs is 2. The summed E-state index contributed by atoms with van der Waals surface area (Å²) in [5.41, 5.74) is -2.63. The summed E-state index contributed by atoms with van der Waals surface area (Å²) < 4.78 is 86.9. The van der Waals surface area contributed by atoms with Gasteiger partial charge < -0.3 is 19.1 Å². The van der Waals surface area contributed by atoms with E-state index in [1.807, 2.05) is 32.9 Å². The van der Waals surface area contributed by atoms with Gasteiger partial charge in [0.15, 0.2) is 5.78 Å². The van der Waals surface area contributed by atoms with E-state index in [9.17, 15) is 36.0 Å². The molecule has 2 aliphatic carbocycles. The second-order valence-corrected chi connectivity index (χ2v) is 22.6. The number of aromatic nitrogens is 3. The molecular weight excluding hydrogens is 900 g/mol. The van der Waals surface area contributed by atoms with Crippen molar-refractivity contribution in [3.63, 3.8) is 0 Å². The van der Waals surface area contributed by atoms with E-state index in [4.69, 9.17) is 19.2 Å². The van der Waals surface area contributed by atoms with Crippen LogP contribution >= 0.6 is 11.3 Å². The summed E-state index contributed by atoms with van der Waals surface area (Å²) in [5, 5.41) is 2.40. The Morgan fingerprint density at radius 2 is 1.79 bits per heavy atom. The standard InChI is InChI=1S/C47H58F3N5O9S2/c1-27(2)62-39-13-12-30(25-52-39)35-19-32(20-36(53-35)41-51-16-17-65-41)63-33-21-37-38(56)24-46(43(59)54-66(60,61)45(7)14-15-45)23-31(46)11-9-8-10-28(3)18-29(4)34(42(58)55(37)26-33)22-40(57)64-44(5,6)47(48,49)50/h9,11-13,16-17,19-20,25,27-29,31,33-34,37H,8,10,14-15,18,21-24,26H2,1-7H3,(H,54,59)/b11-9-/t28-,29-,31-,33-,34+,37+,46-/m1/s1. The maximum absolute atomic E-state index is 15.1. The van der Waals surface area contributed by atoms with Crippen LogP contribution in [0.1, 0.15) is 106 Å². The van der Waals surface area contributed by atoms with Crippen molar-refractivity contribution in [2.75, 3.05) is 6.54 Å². The number of hydrogen-bond donors (Lipinski definition) is 1. The Morgan fingerprint density at radius 1 is 1.06 bits per heavy atom. The fraction of sp³-hybridized carbons (Fsp3) is 0.596. The third kappa shape index (κ3) is 10.8. The van der Waals surface area contributed by atoms with Crippen molar-refractivity contribution in [3.05, 3.63) is 54.2 Å². The van der Waals surface area contributed by atoms with Gasteiger partial charge >= 0.3 is 12.1 Å². The van der Waals surface area contributed by atoms with Gasteiger partial charge in [0.25, 0.3) is 0 Å². The highest BCUT2D eigenvalue weighted by atomic mass is 32.2. The first-order valence-electron chi connectivity index (χ1n) is 22.5. The van der Waals surface area contributed by atoms with Crippen molar-refractivity contribution >= 4 is 44.9 Å². The van der Waals surface area contributed by atoms with Gasteiger partial charge in [-0.15, -0.1) is 11.3 Å². The van der Waals surface area contributed by atoms with Crippen molar-refractivity contribution < 1.29 is 55.0 Å². The molecule has 2 amide bonds. The summed E-state index contributed by atoms with van der Waals surface area (Å²) in [6.45, 7) is 10.4. The largest absolute Gasteiger partial charge is 0.488 e. The number of nitrogens with one attached hydrogen (secondary N) is 1. The SMILES string of the molecule is CC(C)Oc1ccc(-c2cc(O[C@@H]3C[C@H]4C(=O)C[C@]5(C(=O)NS(=O)(=O)C6(C)CC6)C[C@H]5/C=C\CC[C@@H](C)C[C@@H](C)[C@H](CC(=O)OC(C)(C)C(F)(F)F)C(=O)N4C3)cc(-c3nccs3)n2)cn1. The third-order valence-corrected chi connectivity index (χ3v) is 16.3. The predicted molar refractivity (Wildman–Crippen MR) is 239 cm³/mol. The van der Waals surface area contributed by atoms with E-state index in [1.165, 1.54) is 16.2 Å². The summed E-state index contributed by atoms with van der Waals surface area (Å²) in [6.07, 6.45) is 2.76. The number of pyridine rings is 2. The second-order valence-electron chi connectivity index (χ2n) is 19.6. The molecule has 2 saturated carbocycles. The summed E-state index contributed by atoms with van der Waals surface area (Å²) in [6, 6.07) is 5.71. The Balaban J connectivity index is 1.24. The third-order valence-electron chi connectivity index (χ3n) is 13.4. The zero-order chi connectivity index (χ0) is 48.0. The van der Waals surface area contributed by atoms with Crippen molar-refractivity contribution in [1.29, 1.82) is 0 Å². The van der Waals surface area contributed by atoms with Crippen LogP contribution in [0.25, 0.3) is 22.0 Å². The fourth-order valence-electron chi connectivity index (χ4n) is 8.87. The molecule has 2 aliphatic heterocycles. The van der Waals surface area contributed by atoms with Gasteiger partial charge in [-0.25, -0.2) is 23.4 Å². The summed E-state index contributed by atoms with van der Waals surface area (Å²) in [7, 11) is -4.06. The van der Waals surface area contributed by atoms with Gasteiger partial charge in [-0.2, -0.15) is 13.2 Å². The normalized spacial score (nSPS) is 27.5. The molecule has 0 unspecified atom stereocenters. The average molecular weight is 958 g/mol. The molecule has 3 aromatic heterocycles. The minimum atomic E-state index is -4.88. The molecule has 1 saturated heterocycles. The monoisotopic (exact) mass is 957 g/mol. The Hall–Kier alpha value is -4.91. The molecule has 0 spiro atoms. The van der Waals surface area contributed by atoms with Gasteiger partial charge in [0.1, 0.15) is 22.6 Å². The Bertz CT molecular complexity index is 2440. The molecule has 358 valence electrons. The van der Waals surface area contributed by atoms with Crippen LogP contribution in [0.3, 0.4) is 0 Å². The fourth-order valence-corrected chi connectivity index (χ4v) is 10.8. The summed E-state index contributed by atoms with van der Waals surface area (Å²) in [4.78, 5) is 72.5. The van der Waals surface area contributed by atoms with Gasteiger partial charge in [-0.05, 0) is 97.0 Å². The van der Waals surface area contributed by atoms with Crippen molar-refractivity contribution in [2.45, 2.75) is 141 Å². The number of halogens is 3. The van der Waals surface area contributed by atoms with Crippen LogP contribution in [0.2, 0.25) is 0 Å². The topological polar surface area (TPSA) is 184 Å². The van der Waals surface area contributed by atoms with Crippen LogP contribution < -0.4 is 14.2 Å². The zero-order valence-corrected chi connectivity index (χ0v) is 39.9.